The number of aliphatic hydroxyl groups excluding tert-OH is 1. The molecule has 3 N–H and O–H groups in total. The van der Waals surface area contributed by atoms with Crippen LogP contribution in [0.2, 0.25) is 0 Å². The van der Waals surface area contributed by atoms with Crippen LogP contribution in [0.15, 0.2) is 65.6 Å². The first kappa shape index (κ1) is 29.2. The lowest BCUT2D eigenvalue weighted by molar-refractivity contribution is -0.122. The fourth-order valence-corrected chi connectivity index (χ4v) is 4.35. The Bertz CT molecular complexity index is 1240. The van der Waals surface area contributed by atoms with Crippen molar-refractivity contribution in [1.29, 1.82) is 0 Å². The first-order chi connectivity index (χ1) is 18.3. The Morgan fingerprint density at radius 3 is 2.39 bits per heavy atom. The molecule has 0 aliphatic rings. The molecule has 1 aromatic heterocycles. The van der Waals surface area contributed by atoms with E-state index in [9.17, 15) is 23.5 Å². The van der Waals surface area contributed by atoms with Crippen LogP contribution in [-0.2, 0) is 37.1 Å². The number of unbranched alkanes of at least 4 members (excludes halogenated alkanes) is 1. The van der Waals surface area contributed by atoms with Gasteiger partial charge in [-0.15, -0.1) is 0 Å². The summed E-state index contributed by atoms with van der Waals surface area (Å²) in [4.78, 5) is 25.2. The molecule has 0 radical (unpaired) electrons. The van der Waals surface area contributed by atoms with Gasteiger partial charge >= 0.3 is 0 Å². The molecule has 0 spiro atoms. The number of rotatable bonds is 14. The molecule has 8 heteroatoms. The zero-order chi connectivity index (χ0) is 27.5. The number of hydrogen-bond donors (Lipinski definition) is 3. The molecule has 2 aromatic carbocycles. The molecule has 0 unspecified atom stereocenters. The predicted octanol–water partition coefficient (Wildman–Crippen LogP) is 3.91. The van der Waals surface area contributed by atoms with Gasteiger partial charge in [0.15, 0.2) is 0 Å². The lowest BCUT2D eigenvalue weighted by Gasteiger charge is -2.25. The van der Waals surface area contributed by atoms with Gasteiger partial charge in [-0.3, -0.25) is 9.59 Å². The van der Waals surface area contributed by atoms with E-state index in [1.807, 2.05) is 19.1 Å². The van der Waals surface area contributed by atoms with Gasteiger partial charge in [0.2, 0.25) is 5.91 Å². The average molecular weight is 526 g/mol. The first-order valence-corrected chi connectivity index (χ1v) is 13.2. The molecule has 38 heavy (non-hydrogen) atoms. The molecule has 0 aliphatic heterocycles. The number of nitrogens with zero attached hydrogens (tertiary/aromatic N) is 1. The quantitative estimate of drug-likeness (QED) is 0.298. The minimum atomic E-state index is -1.03. The maximum Gasteiger partial charge on any atom is 0.250 e. The van der Waals surface area contributed by atoms with Crippen LogP contribution in [-0.4, -0.2) is 34.3 Å². The molecule has 0 fully saturated rings. The largest absolute Gasteiger partial charge is 0.390 e. The normalized spacial score (nSPS) is 12.8. The summed E-state index contributed by atoms with van der Waals surface area (Å²) in [7, 11) is 0. The summed E-state index contributed by atoms with van der Waals surface area (Å²) in [5.41, 5.74) is 2.98. The van der Waals surface area contributed by atoms with E-state index in [1.165, 1.54) is 23.8 Å². The SMILES string of the molecule is CCCCn1ccc(CC(=O)N[C@@H](Cc2cc(F)cc(F)c2)[C@@H](O)CNCc2cccc(CC)c2)cc1=O. The van der Waals surface area contributed by atoms with E-state index in [0.29, 0.717) is 24.2 Å². The van der Waals surface area contributed by atoms with Crippen LogP contribution in [0.25, 0.3) is 0 Å². The van der Waals surface area contributed by atoms with Gasteiger partial charge in [0.1, 0.15) is 11.6 Å². The predicted molar refractivity (Wildman–Crippen MR) is 145 cm³/mol. The number of benzene rings is 2. The Morgan fingerprint density at radius 2 is 1.71 bits per heavy atom. The van der Waals surface area contributed by atoms with Crippen molar-refractivity contribution in [3.05, 3.63) is 105 Å². The third kappa shape index (κ3) is 9.19. The number of amides is 1. The summed E-state index contributed by atoms with van der Waals surface area (Å²) in [6.45, 7) is 5.43. The van der Waals surface area contributed by atoms with Crippen LogP contribution in [0.3, 0.4) is 0 Å². The standard InChI is InChI=1S/C30H37F2N3O3/c1-3-5-10-35-11-9-22(17-30(35)38)16-29(37)34-27(15-24-13-25(31)18-26(32)14-24)28(36)20-33-19-23-8-6-7-21(4-2)12-23/h6-9,11-14,17-18,27-28,33,36H,3-5,10,15-16,19-20H2,1-2H3,(H,34,37)/t27-,28-/m0/s1. The van der Waals surface area contributed by atoms with Crippen molar-refractivity contribution in [3.8, 4) is 0 Å². The number of carbonyl (C=O) groups excluding carboxylic acids is 1. The van der Waals surface area contributed by atoms with Crippen LogP contribution < -0.4 is 16.2 Å². The zero-order valence-corrected chi connectivity index (χ0v) is 22.1. The molecule has 1 heterocycles. The molecule has 6 nitrogen and oxygen atoms in total. The average Bonchev–Trinajstić information content (AvgIpc) is 2.87. The van der Waals surface area contributed by atoms with Crippen LogP contribution in [0.1, 0.15) is 48.9 Å². The maximum absolute atomic E-state index is 13.8. The fraction of sp³-hybridized carbons (Fsp3) is 0.400. The number of aliphatic hydroxyl groups is 1. The number of pyridine rings is 1. The van der Waals surface area contributed by atoms with Crippen molar-refractivity contribution >= 4 is 5.91 Å². The summed E-state index contributed by atoms with van der Waals surface area (Å²) in [5, 5.41) is 17.0. The second kappa shape index (κ2) is 14.5. The Balaban J connectivity index is 1.67. The number of aryl methyl sites for hydroxylation is 2. The lowest BCUT2D eigenvalue weighted by atomic mass is 10.00. The Labute approximate surface area is 222 Å². The first-order valence-electron chi connectivity index (χ1n) is 13.2. The van der Waals surface area contributed by atoms with E-state index in [1.54, 1.807) is 16.8 Å². The molecular formula is C30H37F2N3O3. The summed E-state index contributed by atoms with van der Waals surface area (Å²) in [5.74, 6) is -1.85. The lowest BCUT2D eigenvalue weighted by Crippen LogP contribution is -2.49. The second-order valence-corrected chi connectivity index (χ2v) is 9.62. The summed E-state index contributed by atoms with van der Waals surface area (Å²) in [6, 6.07) is 13.6. The van der Waals surface area contributed by atoms with Gasteiger partial charge in [-0.2, -0.15) is 0 Å². The molecule has 2 atom stereocenters. The minimum Gasteiger partial charge on any atom is -0.390 e. The smallest absolute Gasteiger partial charge is 0.250 e. The van der Waals surface area contributed by atoms with Crippen molar-refractivity contribution < 1.29 is 18.7 Å². The molecule has 0 bridgehead atoms. The highest BCUT2D eigenvalue weighted by molar-refractivity contribution is 5.78. The van der Waals surface area contributed by atoms with Crippen LogP contribution in [0.4, 0.5) is 8.78 Å². The van der Waals surface area contributed by atoms with E-state index in [2.05, 4.69) is 29.7 Å². The Kier molecular flexibility index (Phi) is 11.2. The van der Waals surface area contributed by atoms with Crippen LogP contribution >= 0.6 is 0 Å². The van der Waals surface area contributed by atoms with Gasteiger partial charge in [-0.1, -0.05) is 44.5 Å². The number of halogens is 2. The highest BCUT2D eigenvalue weighted by Crippen LogP contribution is 2.13. The number of nitrogens with one attached hydrogen (secondary N) is 2. The van der Waals surface area contributed by atoms with Gasteiger partial charge in [0.25, 0.3) is 5.56 Å². The van der Waals surface area contributed by atoms with E-state index in [-0.39, 0.29) is 24.9 Å². The number of carbonyl (C=O) groups is 1. The van der Waals surface area contributed by atoms with E-state index in [0.717, 1.165) is 30.9 Å². The molecule has 3 aromatic rings. The van der Waals surface area contributed by atoms with Gasteiger partial charge in [0.05, 0.1) is 18.6 Å². The molecule has 3 rings (SSSR count). The van der Waals surface area contributed by atoms with Gasteiger partial charge in [0, 0.05) is 38.0 Å². The van der Waals surface area contributed by atoms with Crippen molar-refractivity contribution in [2.75, 3.05) is 6.54 Å². The van der Waals surface area contributed by atoms with Crippen LogP contribution in [0.5, 0.6) is 0 Å². The summed E-state index contributed by atoms with van der Waals surface area (Å²) >= 11 is 0. The topological polar surface area (TPSA) is 83.4 Å². The third-order valence-electron chi connectivity index (χ3n) is 6.45. The fourth-order valence-electron chi connectivity index (χ4n) is 4.35. The summed E-state index contributed by atoms with van der Waals surface area (Å²) in [6.07, 6.45) is 3.41. The van der Waals surface area contributed by atoms with E-state index < -0.39 is 29.7 Å². The Morgan fingerprint density at radius 1 is 0.974 bits per heavy atom. The van der Waals surface area contributed by atoms with Gasteiger partial charge in [-0.05, 0) is 59.7 Å². The molecule has 1 amide bonds. The maximum atomic E-state index is 13.8. The minimum absolute atomic E-state index is 0.0349. The van der Waals surface area contributed by atoms with Crippen molar-refractivity contribution in [1.82, 2.24) is 15.2 Å². The Hall–Kier alpha value is -3.36. The van der Waals surface area contributed by atoms with Crippen molar-refractivity contribution in [2.24, 2.45) is 0 Å². The van der Waals surface area contributed by atoms with Gasteiger partial charge < -0.3 is 20.3 Å². The van der Waals surface area contributed by atoms with Gasteiger partial charge in [-0.25, -0.2) is 8.78 Å². The summed E-state index contributed by atoms with van der Waals surface area (Å²) < 4.78 is 29.2. The van der Waals surface area contributed by atoms with Crippen molar-refractivity contribution in [3.63, 3.8) is 0 Å². The monoisotopic (exact) mass is 525 g/mol. The molecule has 204 valence electrons. The van der Waals surface area contributed by atoms with E-state index in [4.69, 9.17) is 0 Å². The third-order valence-corrected chi connectivity index (χ3v) is 6.45. The second-order valence-electron chi connectivity index (χ2n) is 9.62. The number of hydrogen-bond acceptors (Lipinski definition) is 4. The molecule has 0 aliphatic carbocycles. The highest BCUT2D eigenvalue weighted by Gasteiger charge is 2.22. The van der Waals surface area contributed by atoms with E-state index >= 15 is 0 Å². The zero-order valence-electron chi connectivity index (χ0n) is 22.1. The highest BCUT2D eigenvalue weighted by atomic mass is 19.1. The molecule has 0 saturated heterocycles. The van der Waals surface area contributed by atoms with Crippen molar-refractivity contribution in [2.45, 2.75) is 71.2 Å². The molecular weight excluding hydrogens is 488 g/mol. The molecule has 0 saturated carbocycles. The van der Waals surface area contributed by atoms with Crippen LogP contribution in [0, 0.1) is 11.6 Å². The number of aromatic nitrogens is 1.